The molecule has 19 heavy (non-hydrogen) atoms. The molecule has 0 radical (unpaired) electrons. The predicted molar refractivity (Wildman–Crippen MR) is 76.9 cm³/mol. The molecule has 0 bridgehead atoms. The van der Waals surface area contributed by atoms with Crippen molar-refractivity contribution in [2.45, 2.75) is 6.92 Å². The van der Waals surface area contributed by atoms with Crippen LogP contribution in [0.15, 0.2) is 48.9 Å². The predicted octanol–water partition coefficient (Wildman–Crippen LogP) is 3.12. The highest BCUT2D eigenvalue weighted by Crippen LogP contribution is 2.22. The monoisotopic (exact) mass is 250 g/mol. The van der Waals surface area contributed by atoms with Crippen LogP contribution in [0.2, 0.25) is 0 Å². The first kappa shape index (κ1) is 11.6. The van der Waals surface area contributed by atoms with Crippen LogP contribution in [0.5, 0.6) is 0 Å². The van der Waals surface area contributed by atoms with Crippen molar-refractivity contribution in [2.24, 2.45) is 0 Å². The molecule has 0 aliphatic carbocycles. The molecule has 3 rings (SSSR count). The number of pyridine rings is 1. The Kier molecular flexibility index (Phi) is 3.06. The van der Waals surface area contributed by atoms with Gasteiger partial charge in [-0.1, -0.05) is 12.1 Å². The third kappa shape index (κ3) is 2.38. The minimum Gasteiger partial charge on any atom is -0.370 e. The quantitative estimate of drug-likeness (QED) is 0.776. The summed E-state index contributed by atoms with van der Waals surface area (Å²) in [6.45, 7) is 2.89. The van der Waals surface area contributed by atoms with Crippen LogP contribution < -0.4 is 5.32 Å². The van der Waals surface area contributed by atoms with E-state index < -0.39 is 0 Å². The van der Waals surface area contributed by atoms with Crippen LogP contribution >= 0.6 is 0 Å². The standard InChI is InChI=1S/C15H14N4/c1-2-16-15-9-14(18-10-19-15)12-5-6-13-11(8-12)4-3-7-17-13/h3-10H,2H2,1H3,(H,16,18,19). The summed E-state index contributed by atoms with van der Waals surface area (Å²) < 4.78 is 0. The zero-order valence-electron chi connectivity index (χ0n) is 10.7. The Labute approximate surface area is 111 Å². The van der Waals surface area contributed by atoms with Crippen LogP contribution in [0, 0.1) is 0 Å². The van der Waals surface area contributed by atoms with Gasteiger partial charge in [0.05, 0.1) is 11.2 Å². The van der Waals surface area contributed by atoms with E-state index >= 15 is 0 Å². The topological polar surface area (TPSA) is 50.7 Å². The van der Waals surface area contributed by atoms with Gasteiger partial charge < -0.3 is 5.32 Å². The summed E-state index contributed by atoms with van der Waals surface area (Å²) in [6, 6.07) is 12.1. The summed E-state index contributed by atoms with van der Waals surface area (Å²) in [5.41, 5.74) is 2.98. The second-order valence-electron chi connectivity index (χ2n) is 4.23. The summed E-state index contributed by atoms with van der Waals surface area (Å²) in [4.78, 5) is 12.8. The maximum Gasteiger partial charge on any atom is 0.129 e. The molecule has 0 atom stereocenters. The number of nitrogens with zero attached hydrogens (tertiary/aromatic N) is 3. The highest BCUT2D eigenvalue weighted by molar-refractivity contribution is 5.83. The molecule has 4 heteroatoms. The number of hydrogen-bond acceptors (Lipinski definition) is 4. The molecule has 0 amide bonds. The molecular weight excluding hydrogens is 236 g/mol. The van der Waals surface area contributed by atoms with E-state index in [2.05, 4.69) is 32.4 Å². The molecule has 0 unspecified atom stereocenters. The molecule has 2 aromatic heterocycles. The molecule has 0 fully saturated rings. The molecule has 1 N–H and O–H groups in total. The third-order valence-electron chi connectivity index (χ3n) is 2.92. The molecule has 4 nitrogen and oxygen atoms in total. The molecule has 1 aromatic carbocycles. The smallest absolute Gasteiger partial charge is 0.129 e. The van der Waals surface area contributed by atoms with Crippen molar-refractivity contribution in [1.82, 2.24) is 15.0 Å². The van der Waals surface area contributed by atoms with Crippen LogP contribution in [-0.2, 0) is 0 Å². The Hall–Kier alpha value is -2.49. The summed E-state index contributed by atoms with van der Waals surface area (Å²) in [5, 5.41) is 4.31. The van der Waals surface area contributed by atoms with Gasteiger partial charge in [0.2, 0.25) is 0 Å². The average Bonchev–Trinajstić information content (AvgIpc) is 2.47. The Bertz CT molecular complexity index is 709. The highest BCUT2D eigenvalue weighted by atomic mass is 15.0. The van der Waals surface area contributed by atoms with Crippen molar-refractivity contribution in [3.8, 4) is 11.3 Å². The minimum atomic E-state index is 0.845. The van der Waals surface area contributed by atoms with Crippen molar-refractivity contribution < 1.29 is 0 Å². The molecule has 0 saturated heterocycles. The lowest BCUT2D eigenvalue weighted by Crippen LogP contribution is -1.99. The highest BCUT2D eigenvalue weighted by Gasteiger charge is 2.03. The number of fused-ring (bicyclic) bond motifs is 1. The first-order chi connectivity index (χ1) is 9.36. The molecule has 2 heterocycles. The van der Waals surface area contributed by atoms with Crippen LogP contribution in [0.3, 0.4) is 0 Å². The zero-order valence-corrected chi connectivity index (χ0v) is 10.7. The number of nitrogens with one attached hydrogen (secondary N) is 1. The Morgan fingerprint density at radius 2 is 2.00 bits per heavy atom. The summed E-state index contributed by atoms with van der Waals surface area (Å²) in [6.07, 6.45) is 3.39. The first-order valence-electron chi connectivity index (χ1n) is 6.28. The van der Waals surface area contributed by atoms with Crippen molar-refractivity contribution in [3.05, 3.63) is 48.9 Å². The van der Waals surface area contributed by atoms with E-state index in [1.54, 1.807) is 12.5 Å². The van der Waals surface area contributed by atoms with Crippen molar-refractivity contribution >= 4 is 16.7 Å². The number of benzene rings is 1. The normalized spacial score (nSPS) is 10.6. The summed E-state index contributed by atoms with van der Waals surface area (Å²) >= 11 is 0. The Morgan fingerprint density at radius 1 is 1.05 bits per heavy atom. The molecule has 0 saturated carbocycles. The van der Waals surface area contributed by atoms with E-state index in [9.17, 15) is 0 Å². The number of anilines is 1. The lowest BCUT2D eigenvalue weighted by Gasteiger charge is -2.05. The van der Waals surface area contributed by atoms with Gasteiger partial charge in [0.25, 0.3) is 0 Å². The number of hydrogen-bond donors (Lipinski definition) is 1. The molecule has 0 spiro atoms. The largest absolute Gasteiger partial charge is 0.370 e. The van der Waals surface area contributed by atoms with Crippen LogP contribution in [0.1, 0.15) is 6.92 Å². The average molecular weight is 250 g/mol. The number of aromatic nitrogens is 3. The summed E-state index contributed by atoms with van der Waals surface area (Å²) in [5.74, 6) is 0.846. The van der Waals surface area contributed by atoms with Gasteiger partial charge in [0.15, 0.2) is 0 Å². The van der Waals surface area contributed by atoms with Crippen molar-refractivity contribution in [3.63, 3.8) is 0 Å². The lowest BCUT2D eigenvalue weighted by molar-refractivity contribution is 1.11. The van der Waals surface area contributed by atoms with Gasteiger partial charge in [-0.15, -0.1) is 0 Å². The van der Waals surface area contributed by atoms with E-state index in [-0.39, 0.29) is 0 Å². The Morgan fingerprint density at radius 3 is 2.89 bits per heavy atom. The van der Waals surface area contributed by atoms with Gasteiger partial charge in [0.1, 0.15) is 12.1 Å². The fourth-order valence-corrected chi connectivity index (χ4v) is 2.03. The van der Waals surface area contributed by atoms with Crippen LogP contribution in [-0.4, -0.2) is 21.5 Å². The maximum atomic E-state index is 4.33. The summed E-state index contributed by atoms with van der Waals surface area (Å²) in [7, 11) is 0. The third-order valence-corrected chi connectivity index (χ3v) is 2.92. The fourth-order valence-electron chi connectivity index (χ4n) is 2.03. The fraction of sp³-hybridized carbons (Fsp3) is 0.133. The molecule has 3 aromatic rings. The molecular formula is C15H14N4. The van der Waals surface area contributed by atoms with Gasteiger partial charge in [-0.3, -0.25) is 4.98 Å². The van der Waals surface area contributed by atoms with Crippen LogP contribution in [0.4, 0.5) is 5.82 Å². The maximum absolute atomic E-state index is 4.33. The second-order valence-corrected chi connectivity index (χ2v) is 4.23. The van der Waals surface area contributed by atoms with E-state index in [0.29, 0.717) is 0 Å². The molecule has 0 aliphatic heterocycles. The zero-order chi connectivity index (χ0) is 13.1. The number of rotatable bonds is 3. The van der Waals surface area contributed by atoms with Gasteiger partial charge in [-0.2, -0.15) is 0 Å². The van der Waals surface area contributed by atoms with Gasteiger partial charge >= 0.3 is 0 Å². The van der Waals surface area contributed by atoms with Crippen LogP contribution in [0.25, 0.3) is 22.2 Å². The molecule has 0 aliphatic rings. The first-order valence-corrected chi connectivity index (χ1v) is 6.28. The van der Waals surface area contributed by atoms with Gasteiger partial charge in [-0.25, -0.2) is 9.97 Å². The van der Waals surface area contributed by atoms with Gasteiger partial charge in [0, 0.05) is 29.8 Å². The van der Waals surface area contributed by atoms with E-state index in [1.807, 2.05) is 31.2 Å². The molecule has 94 valence electrons. The minimum absolute atomic E-state index is 0.845. The second kappa shape index (κ2) is 5.02. The lowest BCUT2D eigenvalue weighted by atomic mass is 10.1. The van der Waals surface area contributed by atoms with Crippen molar-refractivity contribution in [1.29, 1.82) is 0 Å². The van der Waals surface area contributed by atoms with E-state index in [0.717, 1.165) is 34.5 Å². The SMILES string of the molecule is CCNc1cc(-c2ccc3ncccc3c2)ncn1. The van der Waals surface area contributed by atoms with E-state index in [1.165, 1.54) is 0 Å². The van der Waals surface area contributed by atoms with Gasteiger partial charge in [-0.05, 0) is 25.1 Å². The Balaban J connectivity index is 2.05. The van der Waals surface area contributed by atoms with Crippen molar-refractivity contribution in [2.75, 3.05) is 11.9 Å². The van der Waals surface area contributed by atoms with E-state index in [4.69, 9.17) is 0 Å².